The average Bonchev–Trinajstić information content (AvgIpc) is 3.18. The maximum atomic E-state index is 13.3. The number of nitrogens with zero attached hydrogens (tertiary/aromatic N) is 1. The normalized spacial score (nSPS) is 22.8. The van der Waals surface area contributed by atoms with Crippen molar-refractivity contribution in [1.29, 1.82) is 0 Å². The van der Waals surface area contributed by atoms with Gasteiger partial charge >= 0.3 is 0 Å². The second kappa shape index (κ2) is 9.54. The molecule has 2 amide bonds. The SMILES string of the molecule is CC(C)Oc1ccc(CNC(=O)C2CC3CCCCC3N2C(=O)c2ccccc2)cc1. The first-order chi connectivity index (χ1) is 15.0. The van der Waals surface area contributed by atoms with Crippen LogP contribution in [0.1, 0.15) is 61.9 Å². The predicted octanol–water partition coefficient (Wildman–Crippen LogP) is 4.56. The first-order valence-corrected chi connectivity index (χ1v) is 11.4. The Morgan fingerprint density at radius 3 is 2.45 bits per heavy atom. The molecule has 2 aliphatic rings. The molecule has 1 saturated heterocycles. The van der Waals surface area contributed by atoms with Gasteiger partial charge in [0.05, 0.1) is 6.10 Å². The number of fused-ring (bicyclic) bond motifs is 1. The van der Waals surface area contributed by atoms with Gasteiger partial charge in [0.15, 0.2) is 0 Å². The summed E-state index contributed by atoms with van der Waals surface area (Å²) >= 11 is 0. The third kappa shape index (κ3) is 4.92. The van der Waals surface area contributed by atoms with Gasteiger partial charge in [-0.15, -0.1) is 0 Å². The molecule has 164 valence electrons. The molecule has 5 nitrogen and oxygen atoms in total. The number of hydrogen-bond donors (Lipinski definition) is 1. The summed E-state index contributed by atoms with van der Waals surface area (Å²) in [4.78, 5) is 28.4. The maximum Gasteiger partial charge on any atom is 0.254 e. The minimum atomic E-state index is -0.399. The third-order valence-corrected chi connectivity index (χ3v) is 6.41. The molecule has 1 N–H and O–H groups in total. The summed E-state index contributed by atoms with van der Waals surface area (Å²) in [5.74, 6) is 1.17. The molecule has 2 aromatic rings. The Hall–Kier alpha value is -2.82. The molecule has 0 aromatic heterocycles. The summed E-state index contributed by atoms with van der Waals surface area (Å²) in [6.45, 7) is 4.44. The summed E-state index contributed by atoms with van der Waals surface area (Å²) < 4.78 is 5.68. The van der Waals surface area contributed by atoms with Crippen molar-refractivity contribution in [1.82, 2.24) is 10.2 Å². The van der Waals surface area contributed by atoms with E-state index in [9.17, 15) is 9.59 Å². The van der Waals surface area contributed by atoms with Gasteiger partial charge < -0.3 is 15.0 Å². The van der Waals surface area contributed by atoms with Crippen molar-refractivity contribution in [3.63, 3.8) is 0 Å². The van der Waals surface area contributed by atoms with Crippen LogP contribution >= 0.6 is 0 Å². The second-order valence-electron chi connectivity index (χ2n) is 8.97. The van der Waals surface area contributed by atoms with E-state index >= 15 is 0 Å². The zero-order chi connectivity index (χ0) is 21.8. The monoisotopic (exact) mass is 420 g/mol. The lowest BCUT2D eigenvalue weighted by Gasteiger charge is -2.33. The highest BCUT2D eigenvalue weighted by Crippen LogP contribution is 2.40. The maximum absolute atomic E-state index is 13.3. The molecular formula is C26H32N2O3. The molecule has 1 saturated carbocycles. The van der Waals surface area contributed by atoms with E-state index in [1.807, 2.05) is 73.3 Å². The molecule has 2 aromatic carbocycles. The fourth-order valence-corrected chi connectivity index (χ4v) is 4.98. The minimum Gasteiger partial charge on any atom is -0.491 e. The summed E-state index contributed by atoms with van der Waals surface area (Å²) in [7, 11) is 0. The fourth-order valence-electron chi connectivity index (χ4n) is 4.98. The molecule has 2 fully saturated rings. The van der Waals surface area contributed by atoms with Gasteiger partial charge in [-0.3, -0.25) is 9.59 Å². The number of benzene rings is 2. The van der Waals surface area contributed by atoms with Crippen molar-refractivity contribution in [2.75, 3.05) is 0 Å². The van der Waals surface area contributed by atoms with Gasteiger partial charge in [-0.1, -0.05) is 43.2 Å². The van der Waals surface area contributed by atoms with E-state index < -0.39 is 6.04 Å². The Labute approximate surface area is 184 Å². The average molecular weight is 421 g/mol. The van der Waals surface area contributed by atoms with E-state index in [2.05, 4.69) is 5.32 Å². The number of carbonyl (C=O) groups is 2. The van der Waals surface area contributed by atoms with E-state index in [0.29, 0.717) is 18.0 Å². The highest BCUT2D eigenvalue weighted by atomic mass is 16.5. The molecule has 0 spiro atoms. The van der Waals surface area contributed by atoms with Crippen molar-refractivity contribution in [3.8, 4) is 5.75 Å². The highest BCUT2D eigenvalue weighted by molar-refractivity contribution is 5.98. The lowest BCUT2D eigenvalue weighted by Crippen LogP contribution is -2.49. The third-order valence-electron chi connectivity index (χ3n) is 6.41. The van der Waals surface area contributed by atoms with Gasteiger partial charge in [-0.25, -0.2) is 0 Å². The number of nitrogens with one attached hydrogen (secondary N) is 1. The van der Waals surface area contributed by atoms with Crippen LogP contribution in [0.15, 0.2) is 54.6 Å². The van der Waals surface area contributed by atoms with E-state index in [1.54, 1.807) is 0 Å². The van der Waals surface area contributed by atoms with Gasteiger partial charge in [0.2, 0.25) is 5.91 Å². The molecule has 4 rings (SSSR count). The molecule has 5 heteroatoms. The van der Waals surface area contributed by atoms with E-state index in [0.717, 1.165) is 37.0 Å². The number of likely N-dealkylation sites (tertiary alicyclic amines) is 1. The van der Waals surface area contributed by atoms with Crippen LogP contribution in [-0.2, 0) is 11.3 Å². The minimum absolute atomic E-state index is 0.0228. The van der Waals surface area contributed by atoms with Crippen LogP contribution in [0.5, 0.6) is 5.75 Å². The van der Waals surface area contributed by atoms with Gasteiger partial charge in [0.25, 0.3) is 5.91 Å². The molecule has 1 aliphatic carbocycles. The molecule has 0 radical (unpaired) electrons. The van der Waals surface area contributed by atoms with Crippen molar-refractivity contribution in [2.24, 2.45) is 5.92 Å². The van der Waals surface area contributed by atoms with Gasteiger partial charge in [0.1, 0.15) is 11.8 Å². The molecule has 1 heterocycles. The summed E-state index contributed by atoms with van der Waals surface area (Å²) in [5, 5.41) is 3.07. The van der Waals surface area contributed by atoms with Crippen LogP contribution in [0.25, 0.3) is 0 Å². The number of amides is 2. The Kier molecular flexibility index (Phi) is 6.59. The topological polar surface area (TPSA) is 58.6 Å². The molecule has 3 atom stereocenters. The largest absolute Gasteiger partial charge is 0.491 e. The number of rotatable bonds is 6. The summed E-state index contributed by atoms with van der Waals surface area (Å²) in [6, 6.07) is 16.9. The Balaban J connectivity index is 1.45. The van der Waals surface area contributed by atoms with Crippen LogP contribution in [0.4, 0.5) is 0 Å². The van der Waals surface area contributed by atoms with Crippen molar-refractivity contribution in [3.05, 3.63) is 65.7 Å². The van der Waals surface area contributed by atoms with Crippen molar-refractivity contribution in [2.45, 2.75) is 70.7 Å². The Morgan fingerprint density at radius 1 is 1.03 bits per heavy atom. The van der Waals surface area contributed by atoms with E-state index in [4.69, 9.17) is 4.74 Å². The van der Waals surface area contributed by atoms with Crippen LogP contribution in [-0.4, -0.2) is 34.9 Å². The quantitative estimate of drug-likeness (QED) is 0.745. The zero-order valence-corrected chi connectivity index (χ0v) is 18.4. The van der Waals surface area contributed by atoms with E-state index in [-0.39, 0.29) is 24.0 Å². The number of ether oxygens (including phenoxy) is 1. The predicted molar refractivity (Wildman–Crippen MR) is 121 cm³/mol. The first-order valence-electron chi connectivity index (χ1n) is 11.4. The molecule has 31 heavy (non-hydrogen) atoms. The Morgan fingerprint density at radius 2 is 1.74 bits per heavy atom. The summed E-state index contributed by atoms with van der Waals surface area (Å²) in [6.07, 6.45) is 5.29. The number of carbonyl (C=O) groups excluding carboxylic acids is 2. The number of hydrogen-bond acceptors (Lipinski definition) is 3. The molecular weight excluding hydrogens is 388 g/mol. The standard InChI is InChI=1S/C26H32N2O3/c1-18(2)31-22-14-12-19(13-15-22)17-27-25(29)24-16-21-10-6-7-11-23(21)28(24)26(30)20-8-4-3-5-9-20/h3-5,8-9,12-15,18,21,23-24H,6-7,10-11,16-17H2,1-2H3,(H,27,29). The van der Waals surface area contributed by atoms with Gasteiger partial charge in [0, 0.05) is 18.2 Å². The van der Waals surface area contributed by atoms with Gasteiger partial charge in [-0.05, 0) is 68.9 Å². The van der Waals surface area contributed by atoms with Crippen LogP contribution in [0, 0.1) is 5.92 Å². The smallest absolute Gasteiger partial charge is 0.254 e. The van der Waals surface area contributed by atoms with Crippen molar-refractivity contribution >= 4 is 11.8 Å². The molecule has 1 aliphatic heterocycles. The van der Waals surface area contributed by atoms with E-state index in [1.165, 1.54) is 6.42 Å². The first kappa shape index (κ1) is 21.4. The molecule has 3 unspecified atom stereocenters. The zero-order valence-electron chi connectivity index (χ0n) is 18.4. The Bertz CT molecular complexity index is 895. The lowest BCUT2D eigenvalue weighted by atomic mass is 9.84. The highest BCUT2D eigenvalue weighted by Gasteiger charge is 2.47. The molecule has 0 bridgehead atoms. The van der Waals surface area contributed by atoms with Crippen LogP contribution in [0.2, 0.25) is 0 Å². The van der Waals surface area contributed by atoms with Crippen LogP contribution < -0.4 is 10.1 Å². The van der Waals surface area contributed by atoms with Crippen molar-refractivity contribution < 1.29 is 14.3 Å². The lowest BCUT2D eigenvalue weighted by molar-refractivity contribution is -0.125. The van der Waals surface area contributed by atoms with Gasteiger partial charge in [-0.2, -0.15) is 0 Å². The fraction of sp³-hybridized carbons (Fsp3) is 0.462. The second-order valence-corrected chi connectivity index (χ2v) is 8.97. The summed E-state index contributed by atoms with van der Waals surface area (Å²) in [5.41, 5.74) is 1.67. The van der Waals surface area contributed by atoms with Crippen LogP contribution in [0.3, 0.4) is 0 Å².